The van der Waals surface area contributed by atoms with Crippen molar-refractivity contribution < 1.29 is 4.79 Å². The molecule has 2 aliphatic heterocycles. The largest absolute Gasteiger partial charge is 0.334 e. The highest BCUT2D eigenvalue weighted by Gasteiger charge is 2.34. The molecule has 5 heteroatoms. The van der Waals surface area contributed by atoms with Crippen LogP contribution >= 0.6 is 24.2 Å². The highest BCUT2D eigenvalue weighted by molar-refractivity contribution is 7.99. The third kappa shape index (κ3) is 4.43. The van der Waals surface area contributed by atoms with E-state index in [9.17, 15) is 4.79 Å². The van der Waals surface area contributed by atoms with E-state index in [1.165, 1.54) is 11.1 Å². The Balaban J connectivity index is 0.00000192. The van der Waals surface area contributed by atoms with Gasteiger partial charge in [-0.3, -0.25) is 4.79 Å². The van der Waals surface area contributed by atoms with Gasteiger partial charge >= 0.3 is 0 Å². The zero-order valence-electron chi connectivity index (χ0n) is 14.0. The van der Waals surface area contributed by atoms with Crippen molar-refractivity contribution in [2.75, 3.05) is 24.6 Å². The van der Waals surface area contributed by atoms with Crippen LogP contribution in [-0.4, -0.2) is 41.4 Å². The van der Waals surface area contributed by atoms with Crippen LogP contribution in [0, 0.1) is 12.8 Å². The van der Waals surface area contributed by atoms with Gasteiger partial charge in [0, 0.05) is 30.0 Å². The number of halogens is 1. The zero-order valence-corrected chi connectivity index (χ0v) is 15.6. The molecule has 1 N–H and O–H groups in total. The van der Waals surface area contributed by atoms with Crippen molar-refractivity contribution in [2.45, 2.75) is 38.8 Å². The highest BCUT2D eigenvalue weighted by Crippen LogP contribution is 2.32. The van der Waals surface area contributed by atoms with Crippen LogP contribution in [-0.2, 0) is 4.79 Å². The van der Waals surface area contributed by atoms with Crippen LogP contribution in [0.1, 0.15) is 36.9 Å². The van der Waals surface area contributed by atoms with Gasteiger partial charge < -0.3 is 10.2 Å². The van der Waals surface area contributed by atoms with Crippen LogP contribution < -0.4 is 5.32 Å². The molecule has 128 valence electrons. The van der Waals surface area contributed by atoms with Crippen molar-refractivity contribution in [2.24, 2.45) is 5.92 Å². The number of carbonyl (C=O) groups is 1. The molecule has 2 saturated heterocycles. The molecule has 0 saturated carbocycles. The van der Waals surface area contributed by atoms with Gasteiger partial charge in [-0.25, -0.2) is 0 Å². The maximum atomic E-state index is 13.0. The van der Waals surface area contributed by atoms with Crippen molar-refractivity contribution in [1.29, 1.82) is 0 Å². The lowest BCUT2D eigenvalue weighted by molar-refractivity contribution is -0.138. The monoisotopic (exact) mass is 354 g/mol. The second kappa shape index (κ2) is 8.41. The summed E-state index contributed by atoms with van der Waals surface area (Å²) in [7, 11) is 0. The molecule has 1 amide bonds. The van der Waals surface area contributed by atoms with Crippen molar-refractivity contribution in [3.8, 4) is 0 Å². The van der Waals surface area contributed by atoms with E-state index in [1.807, 2.05) is 11.8 Å². The molecule has 2 aliphatic rings. The minimum Gasteiger partial charge on any atom is -0.334 e. The van der Waals surface area contributed by atoms with E-state index >= 15 is 0 Å². The van der Waals surface area contributed by atoms with Gasteiger partial charge in [0.1, 0.15) is 0 Å². The van der Waals surface area contributed by atoms with Gasteiger partial charge in [0.2, 0.25) is 5.91 Å². The number of nitrogens with zero attached hydrogens (tertiary/aromatic N) is 1. The standard InChI is InChI=1S/C18H26N2OS.ClH/c1-13-3-5-15(6-4-13)17-12-22-10-9-20(17)18(21)16-7-8-19-14(2)11-16;/h3-6,14,16-17,19H,7-12H2,1-2H3;1H/t14-,16-,17?;/m0./s1. The Morgan fingerprint density at radius 2 is 2.04 bits per heavy atom. The lowest BCUT2D eigenvalue weighted by Crippen LogP contribution is -2.47. The second-order valence-electron chi connectivity index (χ2n) is 6.61. The number of rotatable bonds is 2. The highest BCUT2D eigenvalue weighted by atomic mass is 35.5. The van der Waals surface area contributed by atoms with Gasteiger partial charge in [0.25, 0.3) is 0 Å². The maximum absolute atomic E-state index is 13.0. The number of aryl methyl sites for hydroxylation is 1. The fraction of sp³-hybridized carbons (Fsp3) is 0.611. The van der Waals surface area contributed by atoms with Gasteiger partial charge in [0.05, 0.1) is 6.04 Å². The van der Waals surface area contributed by atoms with Gasteiger partial charge in [-0.1, -0.05) is 29.8 Å². The summed E-state index contributed by atoms with van der Waals surface area (Å²) in [6.07, 6.45) is 1.95. The second-order valence-corrected chi connectivity index (χ2v) is 7.76. The Morgan fingerprint density at radius 3 is 2.74 bits per heavy atom. The Bertz CT molecular complexity index is 522. The number of thioether (sulfide) groups is 1. The van der Waals surface area contributed by atoms with Gasteiger partial charge in [0.15, 0.2) is 0 Å². The van der Waals surface area contributed by atoms with E-state index in [4.69, 9.17) is 0 Å². The average molecular weight is 355 g/mol. The predicted molar refractivity (Wildman–Crippen MR) is 100 cm³/mol. The molecule has 0 radical (unpaired) electrons. The molecule has 1 aromatic carbocycles. The minimum atomic E-state index is 0. The van der Waals surface area contributed by atoms with Gasteiger partial charge in [-0.05, 0) is 38.8 Å². The number of hydrogen-bond acceptors (Lipinski definition) is 3. The average Bonchev–Trinajstić information content (AvgIpc) is 2.55. The first-order chi connectivity index (χ1) is 10.6. The molecule has 0 aromatic heterocycles. The molecule has 2 heterocycles. The third-order valence-electron chi connectivity index (χ3n) is 4.85. The molecule has 1 unspecified atom stereocenters. The molecule has 3 atom stereocenters. The van der Waals surface area contributed by atoms with E-state index in [0.717, 1.165) is 37.4 Å². The molecule has 1 aromatic rings. The summed E-state index contributed by atoms with van der Waals surface area (Å²) in [4.78, 5) is 15.2. The van der Waals surface area contributed by atoms with E-state index in [-0.39, 0.29) is 24.4 Å². The zero-order chi connectivity index (χ0) is 15.5. The normalized spacial score (nSPS) is 28.1. The Labute approximate surface area is 150 Å². The number of nitrogens with one attached hydrogen (secondary N) is 1. The van der Waals surface area contributed by atoms with E-state index in [1.54, 1.807) is 0 Å². The summed E-state index contributed by atoms with van der Waals surface area (Å²) in [6, 6.07) is 9.40. The van der Waals surface area contributed by atoms with Crippen molar-refractivity contribution in [1.82, 2.24) is 10.2 Å². The molecule has 23 heavy (non-hydrogen) atoms. The van der Waals surface area contributed by atoms with E-state index in [0.29, 0.717) is 11.9 Å². The Morgan fingerprint density at radius 1 is 1.30 bits per heavy atom. The van der Waals surface area contributed by atoms with Gasteiger partial charge in [-0.2, -0.15) is 11.8 Å². The molecular weight excluding hydrogens is 328 g/mol. The smallest absolute Gasteiger partial charge is 0.226 e. The van der Waals surface area contributed by atoms with Crippen LogP contribution in [0.15, 0.2) is 24.3 Å². The molecule has 2 fully saturated rings. The number of hydrogen-bond donors (Lipinski definition) is 1. The first-order valence-corrected chi connectivity index (χ1v) is 9.49. The minimum absolute atomic E-state index is 0. The quantitative estimate of drug-likeness (QED) is 0.883. The van der Waals surface area contributed by atoms with E-state index < -0.39 is 0 Å². The summed E-state index contributed by atoms with van der Waals surface area (Å²) >= 11 is 1.96. The number of amides is 1. The number of benzene rings is 1. The molecule has 0 spiro atoms. The molecule has 3 rings (SSSR count). The first-order valence-electron chi connectivity index (χ1n) is 8.33. The van der Waals surface area contributed by atoms with Crippen LogP contribution in [0.2, 0.25) is 0 Å². The fourth-order valence-corrected chi connectivity index (χ4v) is 4.61. The number of piperidine rings is 1. The van der Waals surface area contributed by atoms with Crippen molar-refractivity contribution in [3.63, 3.8) is 0 Å². The summed E-state index contributed by atoms with van der Waals surface area (Å²) in [5.74, 6) is 2.66. The lowest BCUT2D eigenvalue weighted by atomic mass is 9.91. The summed E-state index contributed by atoms with van der Waals surface area (Å²) < 4.78 is 0. The maximum Gasteiger partial charge on any atom is 0.226 e. The summed E-state index contributed by atoms with van der Waals surface area (Å²) in [5.41, 5.74) is 2.56. The molecule has 0 aliphatic carbocycles. The Hall–Kier alpha value is -0.710. The first kappa shape index (κ1) is 18.6. The van der Waals surface area contributed by atoms with Crippen LogP contribution in [0.25, 0.3) is 0 Å². The van der Waals surface area contributed by atoms with Crippen molar-refractivity contribution in [3.05, 3.63) is 35.4 Å². The van der Waals surface area contributed by atoms with Crippen LogP contribution in [0.4, 0.5) is 0 Å². The molecule has 0 bridgehead atoms. The lowest BCUT2D eigenvalue weighted by Gasteiger charge is -2.39. The summed E-state index contributed by atoms with van der Waals surface area (Å²) in [6.45, 7) is 6.15. The predicted octanol–water partition coefficient (Wildman–Crippen LogP) is 3.42. The topological polar surface area (TPSA) is 32.3 Å². The Kier molecular flexibility index (Phi) is 6.81. The fourth-order valence-electron chi connectivity index (χ4n) is 3.52. The third-order valence-corrected chi connectivity index (χ3v) is 5.87. The van der Waals surface area contributed by atoms with Gasteiger partial charge in [-0.15, -0.1) is 12.4 Å². The molecule has 3 nitrogen and oxygen atoms in total. The van der Waals surface area contributed by atoms with Crippen LogP contribution in [0.3, 0.4) is 0 Å². The van der Waals surface area contributed by atoms with E-state index in [2.05, 4.69) is 48.3 Å². The SMILES string of the molecule is Cc1ccc(C2CSCCN2C(=O)[C@H]2CCN[C@@H](C)C2)cc1.Cl. The molecular formula is C18H27ClN2OS. The van der Waals surface area contributed by atoms with Crippen molar-refractivity contribution >= 4 is 30.1 Å². The number of carbonyl (C=O) groups excluding carboxylic acids is 1. The summed E-state index contributed by atoms with van der Waals surface area (Å²) in [5, 5.41) is 3.44. The van der Waals surface area contributed by atoms with Crippen LogP contribution in [0.5, 0.6) is 0 Å².